The highest BCUT2D eigenvalue weighted by Crippen LogP contribution is 2.36. The number of carbonyl (C=O) groups is 1. The molecule has 3 rings (SSSR count). The Labute approximate surface area is 149 Å². The molecule has 0 bridgehead atoms. The summed E-state index contributed by atoms with van der Waals surface area (Å²) in [5.41, 5.74) is 1.08. The van der Waals surface area contributed by atoms with Gasteiger partial charge >= 0.3 is 6.03 Å². The molecule has 24 heavy (non-hydrogen) atoms. The Morgan fingerprint density at radius 3 is 2.67 bits per heavy atom. The van der Waals surface area contributed by atoms with E-state index in [0.29, 0.717) is 17.4 Å². The Morgan fingerprint density at radius 2 is 1.96 bits per heavy atom. The highest BCUT2D eigenvalue weighted by Gasteiger charge is 2.29. The first kappa shape index (κ1) is 17.6. The van der Waals surface area contributed by atoms with Gasteiger partial charge in [0.2, 0.25) is 0 Å². The number of urea groups is 1. The summed E-state index contributed by atoms with van der Waals surface area (Å²) in [6, 6.07) is 7.73. The van der Waals surface area contributed by atoms with Crippen LogP contribution in [-0.4, -0.2) is 23.3 Å². The van der Waals surface area contributed by atoms with E-state index in [1.165, 1.54) is 12.8 Å². The third-order valence-electron chi connectivity index (χ3n) is 5.35. The van der Waals surface area contributed by atoms with Crippen molar-refractivity contribution in [1.29, 1.82) is 0 Å². The molecule has 0 aromatic heterocycles. The quantitative estimate of drug-likeness (QED) is 0.763. The van der Waals surface area contributed by atoms with Gasteiger partial charge in [0, 0.05) is 11.1 Å². The van der Waals surface area contributed by atoms with Crippen molar-refractivity contribution < 1.29 is 9.90 Å². The molecule has 3 N–H and O–H groups in total. The maximum absolute atomic E-state index is 12.5. The minimum Gasteiger partial charge on any atom is -0.393 e. The van der Waals surface area contributed by atoms with Crippen molar-refractivity contribution in [3.05, 3.63) is 34.9 Å². The molecule has 5 heteroatoms. The molecule has 0 radical (unpaired) electrons. The van der Waals surface area contributed by atoms with Gasteiger partial charge < -0.3 is 15.7 Å². The second-order valence-corrected chi connectivity index (χ2v) is 7.65. The van der Waals surface area contributed by atoms with E-state index >= 15 is 0 Å². The number of aliphatic hydroxyl groups is 1. The van der Waals surface area contributed by atoms with Gasteiger partial charge in [-0.1, -0.05) is 36.6 Å². The first-order valence-electron chi connectivity index (χ1n) is 9.12. The zero-order valence-electron chi connectivity index (χ0n) is 14.0. The highest BCUT2D eigenvalue weighted by atomic mass is 35.5. The highest BCUT2D eigenvalue weighted by molar-refractivity contribution is 6.30. The van der Waals surface area contributed by atoms with Crippen LogP contribution in [0.3, 0.4) is 0 Å². The zero-order chi connectivity index (χ0) is 16.9. The van der Waals surface area contributed by atoms with E-state index in [1.54, 1.807) is 0 Å². The van der Waals surface area contributed by atoms with Gasteiger partial charge in [-0.3, -0.25) is 0 Å². The average Bonchev–Trinajstić information content (AvgIpc) is 3.07. The van der Waals surface area contributed by atoms with E-state index in [4.69, 9.17) is 11.6 Å². The predicted octanol–water partition coefficient (Wildman–Crippen LogP) is 4.17. The Kier molecular flexibility index (Phi) is 6.01. The lowest BCUT2D eigenvalue weighted by molar-refractivity contribution is 0.113. The molecule has 1 aromatic carbocycles. The minimum absolute atomic E-state index is 0.000265. The summed E-state index contributed by atoms with van der Waals surface area (Å²) in [5.74, 6) is 0.464. The van der Waals surface area contributed by atoms with Crippen LogP contribution in [0.1, 0.15) is 63.0 Å². The Bertz CT molecular complexity index is 560. The van der Waals surface area contributed by atoms with Crippen LogP contribution >= 0.6 is 11.6 Å². The molecular weight excluding hydrogens is 324 g/mol. The van der Waals surface area contributed by atoms with E-state index in [2.05, 4.69) is 10.6 Å². The van der Waals surface area contributed by atoms with Gasteiger partial charge in [0.1, 0.15) is 0 Å². The number of rotatable bonds is 4. The number of nitrogens with one attached hydrogen (secondary N) is 2. The van der Waals surface area contributed by atoms with Crippen LogP contribution in [0, 0.1) is 5.92 Å². The maximum atomic E-state index is 12.5. The lowest BCUT2D eigenvalue weighted by Crippen LogP contribution is -2.47. The Morgan fingerprint density at radius 1 is 1.17 bits per heavy atom. The lowest BCUT2D eigenvalue weighted by atomic mass is 9.91. The monoisotopic (exact) mass is 350 g/mol. The summed E-state index contributed by atoms with van der Waals surface area (Å²) < 4.78 is 0. The maximum Gasteiger partial charge on any atom is 0.315 e. The number of benzene rings is 1. The van der Waals surface area contributed by atoms with Crippen molar-refractivity contribution >= 4 is 17.6 Å². The van der Waals surface area contributed by atoms with Gasteiger partial charge in [-0.05, 0) is 62.1 Å². The van der Waals surface area contributed by atoms with Crippen LogP contribution in [0.4, 0.5) is 4.79 Å². The van der Waals surface area contributed by atoms with Gasteiger partial charge in [0.25, 0.3) is 0 Å². The van der Waals surface area contributed by atoms with Crippen molar-refractivity contribution in [2.75, 3.05) is 0 Å². The van der Waals surface area contributed by atoms with Crippen LogP contribution < -0.4 is 10.6 Å². The van der Waals surface area contributed by atoms with Crippen molar-refractivity contribution in [2.24, 2.45) is 5.92 Å². The minimum atomic E-state index is -0.289. The van der Waals surface area contributed by atoms with Crippen molar-refractivity contribution in [3.8, 4) is 0 Å². The zero-order valence-corrected chi connectivity index (χ0v) is 14.8. The van der Waals surface area contributed by atoms with Crippen LogP contribution in [0.15, 0.2) is 24.3 Å². The van der Waals surface area contributed by atoms with Gasteiger partial charge in [0.05, 0.1) is 12.1 Å². The standard InChI is InChI=1S/C19H27ClN2O2/c20-15-8-3-7-14(11-15)18(13-5-1-2-6-13)22-19(24)21-16-9-4-10-17(23)12-16/h3,7-8,11,13,16-18,23H,1-2,4-6,9-10,12H2,(H2,21,22,24). The summed E-state index contributed by atoms with van der Waals surface area (Å²) >= 11 is 6.15. The molecule has 0 heterocycles. The summed E-state index contributed by atoms with van der Waals surface area (Å²) in [5, 5.41) is 16.7. The number of amides is 2. The molecule has 1 aromatic rings. The second kappa shape index (κ2) is 8.21. The number of aliphatic hydroxyl groups excluding tert-OH is 1. The molecule has 4 nitrogen and oxygen atoms in total. The molecule has 0 spiro atoms. The summed E-state index contributed by atoms with van der Waals surface area (Å²) in [6.07, 6.45) is 7.83. The fraction of sp³-hybridized carbons (Fsp3) is 0.632. The Hall–Kier alpha value is -1.26. The molecule has 2 aliphatic rings. The molecule has 0 aliphatic heterocycles. The molecular formula is C19H27ClN2O2. The molecule has 132 valence electrons. The number of carbonyl (C=O) groups excluding carboxylic acids is 1. The number of hydrogen-bond donors (Lipinski definition) is 3. The van der Waals surface area contributed by atoms with Gasteiger partial charge in [-0.25, -0.2) is 4.79 Å². The van der Waals surface area contributed by atoms with E-state index in [1.807, 2.05) is 24.3 Å². The van der Waals surface area contributed by atoms with Gasteiger partial charge in [-0.15, -0.1) is 0 Å². The van der Waals surface area contributed by atoms with E-state index in [9.17, 15) is 9.90 Å². The summed E-state index contributed by atoms with van der Waals surface area (Å²) in [6.45, 7) is 0. The Balaban J connectivity index is 1.66. The normalized spacial score (nSPS) is 26.1. The summed E-state index contributed by atoms with van der Waals surface area (Å²) in [7, 11) is 0. The van der Waals surface area contributed by atoms with Crippen molar-refractivity contribution in [3.63, 3.8) is 0 Å². The number of hydrogen-bond acceptors (Lipinski definition) is 2. The lowest BCUT2D eigenvalue weighted by Gasteiger charge is -2.29. The third kappa shape index (κ3) is 4.64. The first-order valence-corrected chi connectivity index (χ1v) is 9.50. The van der Waals surface area contributed by atoms with E-state index < -0.39 is 0 Å². The summed E-state index contributed by atoms with van der Waals surface area (Å²) in [4.78, 5) is 12.5. The van der Waals surface area contributed by atoms with Crippen LogP contribution in [0.5, 0.6) is 0 Å². The largest absolute Gasteiger partial charge is 0.393 e. The van der Waals surface area contributed by atoms with Crippen LogP contribution in [0.25, 0.3) is 0 Å². The topological polar surface area (TPSA) is 61.4 Å². The van der Waals surface area contributed by atoms with E-state index in [-0.39, 0.29) is 24.2 Å². The molecule has 3 atom stereocenters. The van der Waals surface area contributed by atoms with Gasteiger partial charge in [-0.2, -0.15) is 0 Å². The average molecular weight is 351 g/mol. The molecule has 0 saturated heterocycles. The molecule has 2 saturated carbocycles. The molecule has 2 amide bonds. The fourth-order valence-electron chi connectivity index (χ4n) is 4.13. The van der Waals surface area contributed by atoms with Crippen LogP contribution in [0.2, 0.25) is 5.02 Å². The van der Waals surface area contributed by atoms with Crippen LogP contribution in [-0.2, 0) is 0 Å². The predicted molar refractivity (Wildman–Crippen MR) is 96.1 cm³/mol. The smallest absolute Gasteiger partial charge is 0.315 e. The number of halogens is 1. The fourth-order valence-corrected chi connectivity index (χ4v) is 4.33. The second-order valence-electron chi connectivity index (χ2n) is 7.21. The SMILES string of the molecule is O=C(NC1CCCC(O)C1)NC(c1cccc(Cl)c1)C1CCCC1. The molecule has 3 unspecified atom stereocenters. The van der Waals surface area contributed by atoms with Crippen molar-refractivity contribution in [2.45, 2.75) is 69.6 Å². The first-order chi connectivity index (χ1) is 11.6. The third-order valence-corrected chi connectivity index (χ3v) is 5.58. The van der Waals surface area contributed by atoms with Crippen molar-refractivity contribution in [1.82, 2.24) is 10.6 Å². The molecule has 2 aliphatic carbocycles. The van der Waals surface area contributed by atoms with Gasteiger partial charge in [0.15, 0.2) is 0 Å². The van der Waals surface area contributed by atoms with E-state index in [0.717, 1.165) is 37.7 Å². The molecule has 2 fully saturated rings.